The Morgan fingerprint density at radius 2 is 0.656 bits per heavy atom. The van der Waals surface area contributed by atoms with Crippen molar-refractivity contribution in [2.75, 3.05) is 23.0 Å². The Balaban J connectivity index is 1.39. The molecule has 0 bridgehead atoms. The van der Waals surface area contributed by atoms with E-state index in [9.17, 15) is 0 Å². The molecule has 2 aliphatic carbocycles. The van der Waals surface area contributed by atoms with Crippen LogP contribution in [0.25, 0.3) is 0 Å². The minimum absolute atomic E-state index is 0.870. The highest BCUT2D eigenvalue weighted by Crippen LogP contribution is 2.44. The van der Waals surface area contributed by atoms with Crippen molar-refractivity contribution < 1.29 is 0 Å². The van der Waals surface area contributed by atoms with Crippen LogP contribution < -0.4 is 0 Å². The third-order valence-electron chi connectivity index (χ3n) is 7.64. The van der Waals surface area contributed by atoms with Gasteiger partial charge in [0.25, 0.3) is 0 Å². The standard InChI is InChI=1S/C28H36S4/c1-2-10-22-18-30-27-15-7-8-16-28(27)32-20-24-12-4-3-11-23(24)19-31-26-14-6-5-13-25(26)29-17-21(22)9-1/h5-8,13-16,21-24H,1-4,9-12,17-20H2/t21-,22-,23-,24-/m1/s1. The van der Waals surface area contributed by atoms with Crippen molar-refractivity contribution in [3.8, 4) is 0 Å². The van der Waals surface area contributed by atoms with Crippen molar-refractivity contribution in [2.45, 2.75) is 70.9 Å². The maximum absolute atomic E-state index is 2.38. The zero-order valence-corrected chi connectivity index (χ0v) is 22.3. The second kappa shape index (κ2) is 12.0. The van der Waals surface area contributed by atoms with E-state index in [1.807, 2.05) is 0 Å². The number of hydrogen-bond acceptors (Lipinski definition) is 4. The van der Waals surface area contributed by atoms with Crippen LogP contribution in [0.15, 0.2) is 68.1 Å². The molecule has 0 radical (unpaired) electrons. The summed E-state index contributed by atoms with van der Waals surface area (Å²) in [7, 11) is 0. The normalized spacial score (nSPS) is 29.8. The van der Waals surface area contributed by atoms with E-state index >= 15 is 0 Å². The summed E-state index contributed by atoms with van der Waals surface area (Å²) < 4.78 is 0. The molecule has 0 spiro atoms. The molecular weight excluding hydrogens is 465 g/mol. The summed E-state index contributed by atoms with van der Waals surface area (Å²) in [6, 6.07) is 18.5. The average molecular weight is 501 g/mol. The van der Waals surface area contributed by atoms with Gasteiger partial charge >= 0.3 is 0 Å². The smallest absolute Gasteiger partial charge is 0.0208 e. The van der Waals surface area contributed by atoms with Crippen molar-refractivity contribution in [1.82, 2.24) is 0 Å². The second-order valence-corrected chi connectivity index (χ2v) is 14.0. The van der Waals surface area contributed by atoms with Crippen molar-refractivity contribution >= 4 is 47.0 Å². The zero-order chi connectivity index (χ0) is 21.6. The van der Waals surface area contributed by atoms with Crippen LogP contribution in [0, 0.1) is 23.7 Å². The molecule has 0 aromatic heterocycles. The quantitative estimate of drug-likeness (QED) is 0.353. The monoisotopic (exact) mass is 500 g/mol. The van der Waals surface area contributed by atoms with E-state index in [2.05, 4.69) is 95.6 Å². The van der Waals surface area contributed by atoms with E-state index in [1.54, 1.807) is 0 Å². The highest BCUT2D eigenvalue weighted by molar-refractivity contribution is 8.02. The molecule has 0 nitrogen and oxygen atoms in total. The van der Waals surface area contributed by atoms with Crippen LogP contribution in [-0.4, -0.2) is 23.0 Å². The molecule has 2 aromatic carbocycles. The first-order chi connectivity index (χ1) is 15.9. The van der Waals surface area contributed by atoms with Gasteiger partial charge in [-0.15, -0.1) is 47.0 Å². The summed E-state index contributed by atoms with van der Waals surface area (Å²) in [6.07, 6.45) is 11.4. The van der Waals surface area contributed by atoms with Crippen molar-refractivity contribution in [3.63, 3.8) is 0 Å². The topological polar surface area (TPSA) is 0 Å². The molecule has 32 heavy (non-hydrogen) atoms. The molecule has 2 aromatic rings. The molecule has 4 heteroatoms. The zero-order valence-electron chi connectivity index (χ0n) is 19.0. The van der Waals surface area contributed by atoms with Gasteiger partial charge in [-0.25, -0.2) is 0 Å². The van der Waals surface area contributed by atoms with Crippen LogP contribution in [0.2, 0.25) is 0 Å². The van der Waals surface area contributed by atoms with Gasteiger partial charge in [0.05, 0.1) is 0 Å². The molecule has 0 saturated heterocycles. The minimum atomic E-state index is 0.870. The molecule has 0 unspecified atom stereocenters. The van der Waals surface area contributed by atoms with Crippen LogP contribution in [0.1, 0.15) is 51.4 Å². The number of rotatable bonds is 0. The molecule has 0 N–H and O–H groups in total. The fraction of sp³-hybridized carbons (Fsp3) is 0.571. The van der Waals surface area contributed by atoms with E-state index in [0.717, 1.165) is 23.7 Å². The van der Waals surface area contributed by atoms with Gasteiger partial charge in [0, 0.05) is 42.6 Å². The largest absolute Gasteiger partial charge is 0.125 e. The molecule has 2 saturated carbocycles. The minimum Gasteiger partial charge on any atom is -0.125 e. The van der Waals surface area contributed by atoms with E-state index < -0.39 is 0 Å². The van der Waals surface area contributed by atoms with Gasteiger partial charge in [-0.3, -0.25) is 0 Å². The van der Waals surface area contributed by atoms with Gasteiger partial charge in [0.2, 0.25) is 0 Å². The molecule has 0 amide bonds. The van der Waals surface area contributed by atoms with Gasteiger partial charge in [0.1, 0.15) is 0 Å². The first-order valence-corrected chi connectivity index (χ1v) is 16.5. The van der Waals surface area contributed by atoms with Gasteiger partial charge in [-0.2, -0.15) is 0 Å². The molecule has 1 heterocycles. The number of fused-ring (bicyclic) bond motifs is 4. The summed E-state index contributed by atoms with van der Waals surface area (Å²) in [5.74, 6) is 8.67. The lowest BCUT2D eigenvalue weighted by Gasteiger charge is -2.33. The number of thioether (sulfide) groups is 4. The summed E-state index contributed by atoms with van der Waals surface area (Å²) in [4.78, 5) is 6.14. The van der Waals surface area contributed by atoms with E-state index in [1.165, 1.54) is 94.0 Å². The van der Waals surface area contributed by atoms with Crippen molar-refractivity contribution in [2.24, 2.45) is 23.7 Å². The summed E-state index contributed by atoms with van der Waals surface area (Å²) in [5.41, 5.74) is 0. The lowest BCUT2D eigenvalue weighted by molar-refractivity contribution is 0.286. The van der Waals surface area contributed by atoms with Crippen molar-refractivity contribution in [1.29, 1.82) is 0 Å². The van der Waals surface area contributed by atoms with Gasteiger partial charge in [-0.05, 0) is 73.6 Å². The third kappa shape index (κ3) is 6.09. The molecule has 1 aliphatic heterocycles. The molecule has 5 rings (SSSR count). The van der Waals surface area contributed by atoms with Crippen LogP contribution in [-0.2, 0) is 0 Å². The van der Waals surface area contributed by atoms with E-state index in [4.69, 9.17) is 0 Å². The Morgan fingerprint density at radius 1 is 0.406 bits per heavy atom. The third-order valence-corrected chi connectivity index (χ3v) is 12.9. The fourth-order valence-corrected chi connectivity index (χ4v) is 11.2. The number of benzene rings is 2. The summed E-state index contributed by atoms with van der Waals surface area (Å²) >= 11 is 8.60. The van der Waals surface area contributed by atoms with Crippen LogP contribution in [0.3, 0.4) is 0 Å². The highest BCUT2D eigenvalue weighted by Gasteiger charge is 2.28. The Kier molecular flexibility index (Phi) is 8.84. The SMILES string of the molecule is c1ccc2c(c1)SC[C@H]1CCCC[C@@H]1CSc1ccccc1SC[C@H]1CCCC[C@@H]1CS2. The van der Waals surface area contributed by atoms with Crippen LogP contribution >= 0.6 is 47.0 Å². The van der Waals surface area contributed by atoms with Gasteiger partial charge in [-0.1, -0.05) is 49.9 Å². The maximum Gasteiger partial charge on any atom is 0.0208 e. The van der Waals surface area contributed by atoms with Crippen LogP contribution in [0.4, 0.5) is 0 Å². The molecule has 4 atom stereocenters. The Bertz CT molecular complexity index is 725. The predicted octanol–water partition coefficient (Wildman–Crippen LogP) is 9.38. The Morgan fingerprint density at radius 3 is 0.906 bits per heavy atom. The highest BCUT2D eigenvalue weighted by atomic mass is 32.2. The predicted molar refractivity (Wildman–Crippen MR) is 147 cm³/mol. The fourth-order valence-electron chi connectivity index (χ4n) is 5.61. The Hall–Kier alpha value is -0.160. The first-order valence-electron chi connectivity index (χ1n) is 12.6. The average Bonchev–Trinajstić information content (AvgIpc) is 2.85. The molecule has 3 aliphatic rings. The van der Waals surface area contributed by atoms with Crippen molar-refractivity contribution in [3.05, 3.63) is 48.5 Å². The first kappa shape index (κ1) is 23.6. The van der Waals surface area contributed by atoms with Crippen LogP contribution in [0.5, 0.6) is 0 Å². The lowest BCUT2D eigenvalue weighted by Crippen LogP contribution is -2.24. The van der Waals surface area contributed by atoms with Gasteiger partial charge < -0.3 is 0 Å². The summed E-state index contributed by atoms with van der Waals surface area (Å²) in [6.45, 7) is 0. The molecule has 2 fully saturated rings. The summed E-state index contributed by atoms with van der Waals surface area (Å²) in [5, 5.41) is 0. The molecular formula is C28H36S4. The molecule has 172 valence electrons. The van der Waals surface area contributed by atoms with E-state index in [0.29, 0.717) is 0 Å². The lowest BCUT2D eigenvalue weighted by atomic mass is 9.81. The van der Waals surface area contributed by atoms with Gasteiger partial charge in [0.15, 0.2) is 0 Å². The second-order valence-electron chi connectivity index (χ2n) is 9.75. The Labute approximate surface area is 212 Å². The number of hydrogen-bond donors (Lipinski definition) is 0. The maximum atomic E-state index is 2.38. The van der Waals surface area contributed by atoms with E-state index in [-0.39, 0.29) is 0 Å².